The van der Waals surface area contributed by atoms with Gasteiger partial charge in [-0.25, -0.2) is 9.97 Å². The fraction of sp³-hybridized carbons (Fsp3) is 0.333. The summed E-state index contributed by atoms with van der Waals surface area (Å²) in [4.78, 5) is 8.30. The second-order valence-corrected chi connectivity index (χ2v) is 5.10. The van der Waals surface area contributed by atoms with Crippen LogP contribution in [-0.2, 0) is 6.42 Å². The number of benzene rings is 1. The first-order valence-electron chi connectivity index (χ1n) is 6.41. The van der Waals surface area contributed by atoms with Gasteiger partial charge >= 0.3 is 0 Å². The monoisotopic (exact) mass is 291 g/mol. The minimum absolute atomic E-state index is 0.145. The van der Waals surface area contributed by atoms with E-state index in [0.29, 0.717) is 5.88 Å². The molecule has 1 aromatic heterocycles. The van der Waals surface area contributed by atoms with Crippen LogP contribution in [0.3, 0.4) is 0 Å². The average molecular weight is 292 g/mol. The third-order valence-electron chi connectivity index (χ3n) is 3.14. The molecule has 2 aromatic rings. The Morgan fingerprint density at radius 3 is 2.70 bits per heavy atom. The summed E-state index contributed by atoms with van der Waals surface area (Å²) in [5.41, 5.74) is 3.22. The number of aryl methyl sites for hydroxylation is 1. The van der Waals surface area contributed by atoms with Gasteiger partial charge in [0.05, 0.1) is 7.11 Å². The van der Waals surface area contributed by atoms with Crippen LogP contribution in [0.4, 0.5) is 0 Å². The number of nitrogens with one attached hydrogen (secondary N) is 1. The summed E-state index contributed by atoms with van der Waals surface area (Å²) in [5.74, 6) is 0.576. The molecule has 0 saturated carbocycles. The van der Waals surface area contributed by atoms with Crippen LogP contribution >= 0.6 is 11.6 Å². The Balaban J connectivity index is 2.23. The fourth-order valence-electron chi connectivity index (χ4n) is 2.16. The highest BCUT2D eigenvalue weighted by Gasteiger charge is 2.13. The largest absolute Gasteiger partial charge is 0.481 e. The number of rotatable bonds is 5. The van der Waals surface area contributed by atoms with Crippen LogP contribution in [-0.4, -0.2) is 24.1 Å². The summed E-state index contributed by atoms with van der Waals surface area (Å²) in [6.45, 7) is 2.04. The number of ether oxygens (including phenoxy) is 1. The Kier molecular flexibility index (Phi) is 4.93. The van der Waals surface area contributed by atoms with E-state index in [0.717, 1.165) is 28.3 Å². The number of methoxy groups -OCH3 is 1. The van der Waals surface area contributed by atoms with Crippen molar-refractivity contribution in [2.45, 2.75) is 19.4 Å². The van der Waals surface area contributed by atoms with Crippen molar-refractivity contribution in [2.24, 2.45) is 0 Å². The van der Waals surface area contributed by atoms with E-state index in [1.165, 1.54) is 6.33 Å². The lowest BCUT2D eigenvalue weighted by Crippen LogP contribution is -2.19. The smallest absolute Gasteiger partial charge is 0.216 e. The van der Waals surface area contributed by atoms with Gasteiger partial charge in [-0.2, -0.15) is 0 Å². The molecule has 4 nitrogen and oxygen atoms in total. The van der Waals surface area contributed by atoms with Crippen LogP contribution < -0.4 is 10.1 Å². The highest BCUT2D eigenvalue weighted by atomic mass is 35.5. The second kappa shape index (κ2) is 6.68. The summed E-state index contributed by atoms with van der Waals surface area (Å²) in [6, 6.07) is 8.05. The number of hydrogen-bond acceptors (Lipinski definition) is 4. The zero-order valence-electron chi connectivity index (χ0n) is 11.9. The van der Waals surface area contributed by atoms with Crippen LogP contribution in [0, 0.1) is 6.92 Å². The molecule has 1 N–H and O–H groups in total. The van der Waals surface area contributed by atoms with Gasteiger partial charge in [0.2, 0.25) is 5.88 Å². The molecule has 1 heterocycles. The third-order valence-corrected chi connectivity index (χ3v) is 3.35. The molecule has 0 radical (unpaired) electrons. The van der Waals surface area contributed by atoms with Crippen molar-refractivity contribution < 1.29 is 4.74 Å². The van der Waals surface area contributed by atoms with E-state index in [1.807, 2.05) is 32.2 Å². The van der Waals surface area contributed by atoms with Crippen LogP contribution in [0.2, 0.25) is 5.02 Å². The molecule has 2 rings (SSSR count). The number of hydrogen-bond donors (Lipinski definition) is 1. The quantitative estimate of drug-likeness (QED) is 0.920. The van der Waals surface area contributed by atoms with Crippen molar-refractivity contribution in [2.75, 3.05) is 14.2 Å². The molecule has 5 heteroatoms. The summed E-state index contributed by atoms with van der Waals surface area (Å²) in [5, 5.41) is 4.05. The van der Waals surface area contributed by atoms with Gasteiger partial charge in [-0.3, -0.25) is 0 Å². The molecule has 0 amide bonds. The summed E-state index contributed by atoms with van der Waals surface area (Å²) in [6.07, 6.45) is 2.26. The van der Waals surface area contributed by atoms with Gasteiger partial charge in [0, 0.05) is 29.2 Å². The number of nitrogens with zero attached hydrogens (tertiary/aromatic N) is 2. The van der Waals surface area contributed by atoms with E-state index < -0.39 is 0 Å². The van der Waals surface area contributed by atoms with Gasteiger partial charge in [-0.1, -0.05) is 17.7 Å². The molecule has 20 heavy (non-hydrogen) atoms. The van der Waals surface area contributed by atoms with E-state index >= 15 is 0 Å². The molecule has 0 aliphatic heterocycles. The number of halogens is 1. The van der Waals surface area contributed by atoms with Crippen LogP contribution in [0.15, 0.2) is 30.6 Å². The molecule has 0 fully saturated rings. The summed E-state index contributed by atoms with van der Waals surface area (Å²) >= 11 is 6.13. The highest BCUT2D eigenvalue weighted by molar-refractivity contribution is 6.30. The standard InChI is InChI=1S/C15H18ClN3O/c1-10-4-11(6-12(16)5-10)14(17-2)7-13-8-15(20-3)19-9-18-13/h4-6,8-9,14,17H,7H2,1-3H3. The normalized spacial score (nSPS) is 12.2. The van der Waals surface area contributed by atoms with Crippen molar-refractivity contribution in [1.82, 2.24) is 15.3 Å². The first kappa shape index (κ1) is 14.8. The van der Waals surface area contributed by atoms with Crippen molar-refractivity contribution in [3.05, 3.63) is 52.4 Å². The predicted molar refractivity (Wildman–Crippen MR) is 80.3 cm³/mol. The molecule has 106 valence electrons. The molecular weight excluding hydrogens is 274 g/mol. The van der Waals surface area contributed by atoms with Crippen molar-refractivity contribution in [3.8, 4) is 5.88 Å². The zero-order valence-corrected chi connectivity index (χ0v) is 12.6. The Morgan fingerprint density at radius 1 is 1.25 bits per heavy atom. The average Bonchev–Trinajstić information content (AvgIpc) is 2.44. The Morgan fingerprint density at radius 2 is 2.05 bits per heavy atom. The van der Waals surface area contributed by atoms with Crippen LogP contribution in [0.1, 0.15) is 22.9 Å². The molecule has 1 atom stereocenters. The highest BCUT2D eigenvalue weighted by Crippen LogP contribution is 2.23. The van der Waals surface area contributed by atoms with Crippen molar-refractivity contribution in [1.29, 1.82) is 0 Å². The van der Waals surface area contributed by atoms with Gasteiger partial charge in [0.1, 0.15) is 6.33 Å². The molecule has 0 aliphatic carbocycles. The van der Waals surface area contributed by atoms with Crippen LogP contribution in [0.25, 0.3) is 0 Å². The predicted octanol–water partition coefficient (Wildman–Crippen LogP) is 2.95. The van der Waals surface area contributed by atoms with E-state index in [2.05, 4.69) is 21.4 Å². The van der Waals surface area contributed by atoms with Gasteiger partial charge < -0.3 is 10.1 Å². The lowest BCUT2D eigenvalue weighted by Gasteiger charge is -2.17. The summed E-state index contributed by atoms with van der Waals surface area (Å²) in [7, 11) is 3.53. The lowest BCUT2D eigenvalue weighted by molar-refractivity contribution is 0.395. The summed E-state index contributed by atoms with van der Waals surface area (Å²) < 4.78 is 5.12. The van der Waals surface area contributed by atoms with Gasteiger partial charge in [-0.05, 0) is 37.2 Å². The molecule has 0 aliphatic rings. The Hall–Kier alpha value is -1.65. The van der Waals surface area contributed by atoms with E-state index in [4.69, 9.17) is 16.3 Å². The van der Waals surface area contributed by atoms with E-state index in [9.17, 15) is 0 Å². The lowest BCUT2D eigenvalue weighted by atomic mass is 10.00. The van der Waals surface area contributed by atoms with Gasteiger partial charge in [0.25, 0.3) is 0 Å². The Bertz CT molecular complexity index is 569. The zero-order chi connectivity index (χ0) is 14.5. The SMILES string of the molecule is CNC(Cc1cc(OC)ncn1)c1cc(C)cc(Cl)c1. The maximum absolute atomic E-state index is 6.13. The number of likely N-dealkylation sites (N-methyl/N-ethyl adjacent to an activating group) is 1. The molecule has 1 aromatic carbocycles. The van der Waals surface area contributed by atoms with Gasteiger partial charge in [-0.15, -0.1) is 0 Å². The van der Waals surface area contributed by atoms with E-state index in [-0.39, 0.29) is 6.04 Å². The second-order valence-electron chi connectivity index (χ2n) is 4.66. The van der Waals surface area contributed by atoms with Crippen molar-refractivity contribution >= 4 is 11.6 Å². The Labute approximate surface area is 124 Å². The maximum atomic E-state index is 6.13. The molecule has 1 unspecified atom stereocenters. The minimum Gasteiger partial charge on any atom is -0.481 e. The maximum Gasteiger partial charge on any atom is 0.216 e. The third kappa shape index (κ3) is 3.68. The van der Waals surface area contributed by atoms with Crippen molar-refractivity contribution in [3.63, 3.8) is 0 Å². The molecular formula is C15H18ClN3O. The van der Waals surface area contributed by atoms with Crippen LogP contribution in [0.5, 0.6) is 5.88 Å². The van der Waals surface area contributed by atoms with Gasteiger partial charge in [0.15, 0.2) is 0 Å². The van der Waals surface area contributed by atoms with E-state index in [1.54, 1.807) is 7.11 Å². The minimum atomic E-state index is 0.145. The molecule has 0 saturated heterocycles. The fourth-order valence-corrected chi connectivity index (χ4v) is 2.46. The first-order chi connectivity index (χ1) is 9.62. The number of aromatic nitrogens is 2. The topological polar surface area (TPSA) is 47.0 Å². The first-order valence-corrected chi connectivity index (χ1v) is 6.79. The molecule has 0 spiro atoms. The molecule has 0 bridgehead atoms.